The van der Waals surface area contributed by atoms with Gasteiger partial charge in [0.15, 0.2) is 0 Å². The van der Waals surface area contributed by atoms with Crippen molar-refractivity contribution in [3.63, 3.8) is 0 Å². The standard InChI is InChI=1S/C15H15N3/c1-16-11-15-17-13-9-5-6-10-14(13)18(15)12-7-3-2-4-8-12/h2-10,16H,11H2,1H3. The van der Waals surface area contributed by atoms with E-state index in [1.807, 2.05) is 43.4 Å². The first-order valence-electron chi connectivity index (χ1n) is 6.06. The van der Waals surface area contributed by atoms with Gasteiger partial charge in [0.1, 0.15) is 5.82 Å². The van der Waals surface area contributed by atoms with Crippen LogP contribution in [0.15, 0.2) is 54.6 Å². The summed E-state index contributed by atoms with van der Waals surface area (Å²) in [5, 5.41) is 3.17. The second kappa shape index (κ2) is 4.63. The van der Waals surface area contributed by atoms with E-state index in [1.165, 1.54) is 0 Å². The highest BCUT2D eigenvalue weighted by Crippen LogP contribution is 2.21. The summed E-state index contributed by atoms with van der Waals surface area (Å²) in [4.78, 5) is 4.68. The molecule has 0 atom stereocenters. The molecule has 0 saturated heterocycles. The number of nitrogens with zero attached hydrogens (tertiary/aromatic N) is 2. The lowest BCUT2D eigenvalue weighted by molar-refractivity contribution is 0.748. The Hall–Kier alpha value is -2.13. The van der Waals surface area contributed by atoms with Gasteiger partial charge in [-0.1, -0.05) is 30.3 Å². The summed E-state index contributed by atoms with van der Waals surface area (Å²) in [5.41, 5.74) is 3.33. The number of nitrogens with one attached hydrogen (secondary N) is 1. The lowest BCUT2D eigenvalue weighted by Gasteiger charge is -2.08. The van der Waals surface area contributed by atoms with Gasteiger partial charge in [0.2, 0.25) is 0 Å². The zero-order valence-corrected chi connectivity index (χ0v) is 10.3. The fourth-order valence-electron chi connectivity index (χ4n) is 2.22. The summed E-state index contributed by atoms with van der Waals surface area (Å²) in [5.74, 6) is 1.03. The minimum absolute atomic E-state index is 0.754. The van der Waals surface area contributed by atoms with Crippen molar-refractivity contribution in [3.05, 3.63) is 60.4 Å². The summed E-state index contributed by atoms with van der Waals surface area (Å²) in [6, 6.07) is 18.6. The predicted octanol–water partition coefficient (Wildman–Crippen LogP) is 2.74. The SMILES string of the molecule is CNCc1nc2ccccc2n1-c1ccccc1. The molecule has 0 radical (unpaired) electrons. The first-order chi connectivity index (χ1) is 8.90. The average molecular weight is 237 g/mol. The molecular formula is C15H15N3. The second-order valence-corrected chi connectivity index (χ2v) is 4.22. The molecule has 0 spiro atoms. The summed E-state index contributed by atoms with van der Waals surface area (Å²) < 4.78 is 2.20. The Kier molecular flexibility index (Phi) is 2.82. The molecule has 0 saturated carbocycles. The van der Waals surface area contributed by atoms with Gasteiger partial charge in [0.05, 0.1) is 17.6 Å². The molecule has 0 aliphatic rings. The van der Waals surface area contributed by atoms with Gasteiger partial charge in [-0.15, -0.1) is 0 Å². The van der Waals surface area contributed by atoms with Crippen molar-refractivity contribution >= 4 is 11.0 Å². The van der Waals surface area contributed by atoms with E-state index in [1.54, 1.807) is 0 Å². The summed E-state index contributed by atoms with van der Waals surface area (Å²) >= 11 is 0. The van der Waals surface area contributed by atoms with Gasteiger partial charge in [0.25, 0.3) is 0 Å². The van der Waals surface area contributed by atoms with Crippen LogP contribution >= 0.6 is 0 Å². The van der Waals surface area contributed by atoms with Crippen LogP contribution in [0, 0.1) is 0 Å². The molecule has 18 heavy (non-hydrogen) atoms. The molecule has 3 rings (SSSR count). The van der Waals surface area contributed by atoms with Crippen LogP contribution in [0.1, 0.15) is 5.82 Å². The third-order valence-electron chi connectivity index (χ3n) is 2.98. The monoisotopic (exact) mass is 237 g/mol. The molecule has 1 N–H and O–H groups in total. The number of hydrogen-bond acceptors (Lipinski definition) is 2. The van der Waals surface area contributed by atoms with E-state index in [9.17, 15) is 0 Å². The van der Waals surface area contributed by atoms with Crippen LogP contribution in [0.4, 0.5) is 0 Å². The average Bonchev–Trinajstić information content (AvgIpc) is 2.78. The Morgan fingerprint density at radius 2 is 1.72 bits per heavy atom. The highest BCUT2D eigenvalue weighted by Gasteiger charge is 2.10. The fourth-order valence-corrected chi connectivity index (χ4v) is 2.22. The van der Waals surface area contributed by atoms with Gasteiger partial charge in [-0.3, -0.25) is 4.57 Å². The summed E-state index contributed by atoms with van der Waals surface area (Å²) in [6.07, 6.45) is 0. The number of aromatic nitrogens is 2. The summed E-state index contributed by atoms with van der Waals surface area (Å²) in [7, 11) is 1.94. The van der Waals surface area contributed by atoms with Crippen molar-refractivity contribution < 1.29 is 0 Å². The highest BCUT2D eigenvalue weighted by molar-refractivity contribution is 5.78. The topological polar surface area (TPSA) is 29.9 Å². The fraction of sp³-hybridized carbons (Fsp3) is 0.133. The Balaban J connectivity index is 2.28. The maximum absolute atomic E-state index is 4.68. The normalized spacial score (nSPS) is 10.9. The van der Waals surface area contributed by atoms with E-state index in [0.29, 0.717) is 0 Å². The van der Waals surface area contributed by atoms with E-state index >= 15 is 0 Å². The van der Waals surface area contributed by atoms with E-state index in [4.69, 9.17) is 0 Å². The minimum atomic E-state index is 0.754. The van der Waals surface area contributed by atoms with E-state index in [0.717, 1.165) is 29.1 Å². The Morgan fingerprint density at radius 3 is 2.50 bits per heavy atom. The van der Waals surface area contributed by atoms with Crippen LogP contribution in [0.25, 0.3) is 16.7 Å². The molecule has 2 aromatic carbocycles. The van der Waals surface area contributed by atoms with Crippen molar-refractivity contribution in [3.8, 4) is 5.69 Å². The molecule has 3 aromatic rings. The Morgan fingerprint density at radius 1 is 1.00 bits per heavy atom. The van der Waals surface area contributed by atoms with Gasteiger partial charge in [0, 0.05) is 5.69 Å². The van der Waals surface area contributed by atoms with Crippen molar-refractivity contribution in [1.82, 2.24) is 14.9 Å². The highest BCUT2D eigenvalue weighted by atomic mass is 15.1. The zero-order chi connectivity index (χ0) is 12.4. The van der Waals surface area contributed by atoms with Gasteiger partial charge in [-0.2, -0.15) is 0 Å². The van der Waals surface area contributed by atoms with Crippen LogP contribution in [0.2, 0.25) is 0 Å². The molecule has 0 aliphatic carbocycles. The van der Waals surface area contributed by atoms with E-state index in [2.05, 4.69) is 33.1 Å². The number of hydrogen-bond donors (Lipinski definition) is 1. The quantitative estimate of drug-likeness (QED) is 0.759. The molecule has 0 bridgehead atoms. The molecule has 3 nitrogen and oxygen atoms in total. The largest absolute Gasteiger partial charge is 0.313 e. The van der Waals surface area contributed by atoms with Gasteiger partial charge in [-0.05, 0) is 31.3 Å². The van der Waals surface area contributed by atoms with Crippen LogP contribution in [0.5, 0.6) is 0 Å². The second-order valence-electron chi connectivity index (χ2n) is 4.22. The van der Waals surface area contributed by atoms with Gasteiger partial charge in [-0.25, -0.2) is 4.98 Å². The molecular weight excluding hydrogens is 222 g/mol. The first kappa shape index (κ1) is 11.0. The number of benzene rings is 2. The van der Waals surface area contributed by atoms with Gasteiger partial charge >= 0.3 is 0 Å². The Bertz CT molecular complexity index is 656. The lowest BCUT2D eigenvalue weighted by atomic mass is 10.3. The lowest BCUT2D eigenvalue weighted by Crippen LogP contribution is -2.11. The van der Waals surface area contributed by atoms with Crippen molar-refractivity contribution in [2.45, 2.75) is 6.54 Å². The van der Waals surface area contributed by atoms with Crippen LogP contribution in [0.3, 0.4) is 0 Å². The van der Waals surface area contributed by atoms with Crippen molar-refractivity contribution in [2.24, 2.45) is 0 Å². The van der Waals surface area contributed by atoms with E-state index < -0.39 is 0 Å². The van der Waals surface area contributed by atoms with Crippen LogP contribution in [-0.4, -0.2) is 16.6 Å². The van der Waals surface area contributed by atoms with Crippen molar-refractivity contribution in [2.75, 3.05) is 7.05 Å². The van der Waals surface area contributed by atoms with Crippen LogP contribution < -0.4 is 5.32 Å². The first-order valence-corrected chi connectivity index (χ1v) is 6.06. The number of rotatable bonds is 3. The molecule has 1 aromatic heterocycles. The summed E-state index contributed by atoms with van der Waals surface area (Å²) in [6.45, 7) is 0.754. The maximum Gasteiger partial charge on any atom is 0.128 e. The molecule has 0 unspecified atom stereocenters. The minimum Gasteiger partial charge on any atom is -0.313 e. The third-order valence-corrected chi connectivity index (χ3v) is 2.98. The molecule has 3 heteroatoms. The van der Waals surface area contributed by atoms with E-state index in [-0.39, 0.29) is 0 Å². The molecule has 0 amide bonds. The molecule has 90 valence electrons. The van der Waals surface area contributed by atoms with Gasteiger partial charge < -0.3 is 5.32 Å². The number of para-hydroxylation sites is 3. The van der Waals surface area contributed by atoms with Crippen LogP contribution in [-0.2, 0) is 6.54 Å². The molecule has 0 aliphatic heterocycles. The maximum atomic E-state index is 4.68. The molecule has 0 fully saturated rings. The third kappa shape index (κ3) is 1.79. The zero-order valence-electron chi connectivity index (χ0n) is 10.3. The van der Waals surface area contributed by atoms with Crippen molar-refractivity contribution in [1.29, 1.82) is 0 Å². The number of imidazole rings is 1. The number of fused-ring (bicyclic) bond motifs is 1. The predicted molar refractivity (Wildman–Crippen MR) is 73.8 cm³/mol. The Labute approximate surface area is 106 Å². The molecule has 1 heterocycles. The smallest absolute Gasteiger partial charge is 0.128 e.